The Balaban J connectivity index is 1.71. The van der Waals surface area contributed by atoms with Gasteiger partial charge >= 0.3 is 12.0 Å². The number of para-hydroxylation sites is 1. The van der Waals surface area contributed by atoms with E-state index < -0.39 is 5.97 Å². The summed E-state index contributed by atoms with van der Waals surface area (Å²) in [6, 6.07) is 26.5. The lowest BCUT2D eigenvalue weighted by Gasteiger charge is -2.19. The van der Waals surface area contributed by atoms with Crippen LogP contribution in [0.1, 0.15) is 34.3 Å². The van der Waals surface area contributed by atoms with Crippen LogP contribution < -0.4 is 10.6 Å². The summed E-state index contributed by atoms with van der Waals surface area (Å²) in [5.41, 5.74) is 2.98. The van der Waals surface area contributed by atoms with Gasteiger partial charge in [-0.05, 0) is 30.2 Å². The summed E-state index contributed by atoms with van der Waals surface area (Å²) in [5.74, 6) is -0.446. The van der Waals surface area contributed by atoms with Crippen molar-refractivity contribution in [1.82, 2.24) is 5.32 Å². The number of amides is 2. The van der Waals surface area contributed by atoms with Gasteiger partial charge in [0.2, 0.25) is 0 Å². The Morgan fingerprint density at radius 3 is 1.97 bits per heavy atom. The van der Waals surface area contributed by atoms with Crippen LogP contribution in [-0.2, 0) is 4.74 Å². The molecule has 0 bridgehead atoms. The Kier molecular flexibility index (Phi) is 7.00. The molecule has 0 fully saturated rings. The van der Waals surface area contributed by atoms with E-state index in [1.54, 1.807) is 31.2 Å². The van der Waals surface area contributed by atoms with Crippen LogP contribution >= 0.6 is 0 Å². The molecular weight excluding hydrogens is 364 g/mol. The number of urea groups is 1. The molecule has 5 heteroatoms. The molecule has 0 aliphatic heterocycles. The van der Waals surface area contributed by atoms with Crippen molar-refractivity contribution < 1.29 is 14.3 Å². The molecule has 3 rings (SSSR count). The Bertz CT molecular complexity index is 903. The smallest absolute Gasteiger partial charge is 0.340 e. The topological polar surface area (TPSA) is 67.4 Å². The predicted molar refractivity (Wildman–Crippen MR) is 114 cm³/mol. The Hall–Kier alpha value is -3.60. The molecule has 0 saturated carbocycles. The highest BCUT2D eigenvalue weighted by molar-refractivity contribution is 6.00. The Labute approximate surface area is 170 Å². The van der Waals surface area contributed by atoms with Crippen molar-refractivity contribution in [3.8, 4) is 0 Å². The van der Waals surface area contributed by atoms with Gasteiger partial charge in [-0.3, -0.25) is 0 Å². The molecule has 0 aromatic heterocycles. The standard InChI is InChI=1S/C24H24N2O3/c1-2-29-23(27)20-15-9-10-16-22(20)26-24(28)25-17-21(18-11-5-3-6-12-18)19-13-7-4-8-14-19/h3-16,21H,2,17H2,1H3,(H2,25,26,28). The van der Waals surface area contributed by atoms with Crippen molar-refractivity contribution in [2.24, 2.45) is 0 Å². The Morgan fingerprint density at radius 1 is 0.828 bits per heavy atom. The van der Waals surface area contributed by atoms with Crippen LogP contribution in [0.4, 0.5) is 10.5 Å². The minimum Gasteiger partial charge on any atom is -0.462 e. The van der Waals surface area contributed by atoms with E-state index in [4.69, 9.17) is 4.74 Å². The van der Waals surface area contributed by atoms with Crippen molar-refractivity contribution in [2.75, 3.05) is 18.5 Å². The number of benzene rings is 3. The number of esters is 1. The molecule has 0 spiro atoms. The summed E-state index contributed by atoms with van der Waals surface area (Å²) >= 11 is 0. The molecule has 5 nitrogen and oxygen atoms in total. The van der Waals surface area contributed by atoms with Gasteiger partial charge in [0.1, 0.15) is 0 Å². The summed E-state index contributed by atoms with van der Waals surface area (Å²) in [6.45, 7) is 2.44. The quantitative estimate of drug-likeness (QED) is 0.571. The van der Waals surface area contributed by atoms with E-state index in [-0.39, 0.29) is 18.6 Å². The molecule has 0 unspecified atom stereocenters. The number of carbonyl (C=O) groups excluding carboxylic acids is 2. The van der Waals surface area contributed by atoms with Crippen LogP contribution in [0.2, 0.25) is 0 Å². The molecule has 0 saturated heterocycles. The monoisotopic (exact) mass is 388 g/mol. The SMILES string of the molecule is CCOC(=O)c1ccccc1NC(=O)NCC(c1ccccc1)c1ccccc1. The molecule has 2 N–H and O–H groups in total. The fraction of sp³-hybridized carbons (Fsp3) is 0.167. The van der Waals surface area contributed by atoms with E-state index in [1.165, 1.54) is 0 Å². The van der Waals surface area contributed by atoms with E-state index in [0.717, 1.165) is 11.1 Å². The summed E-state index contributed by atoms with van der Waals surface area (Å²) in [6.07, 6.45) is 0. The first-order valence-corrected chi connectivity index (χ1v) is 9.60. The molecule has 0 aliphatic carbocycles. The second-order valence-electron chi connectivity index (χ2n) is 6.48. The Morgan fingerprint density at radius 2 is 1.38 bits per heavy atom. The van der Waals surface area contributed by atoms with E-state index in [0.29, 0.717) is 17.8 Å². The molecule has 3 aromatic carbocycles. The lowest BCUT2D eigenvalue weighted by Crippen LogP contribution is -2.33. The van der Waals surface area contributed by atoms with Crippen molar-refractivity contribution in [2.45, 2.75) is 12.8 Å². The maximum absolute atomic E-state index is 12.5. The molecule has 0 atom stereocenters. The molecule has 0 radical (unpaired) electrons. The fourth-order valence-corrected chi connectivity index (χ4v) is 3.14. The average Bonchev–Trinajstić information content (AvgIpc) is 2.76. The summed E-state index contributed by atoms with van der Waals surface area (Å²) in [4.78, 5) is 24.6. The average molecular weight is 388 g/mol. The van der Waals surface area contributed by atoms with Gasteiger partial charge < -0.3 is 15.4 Å². The number of nitrogens with one attached hydrogen (secondary N) is 2. The first kappa shape index (κ1) is 20.1. The van der Waals surface area contributed by atoms with Crippen LogP contribution in [0.5, 0.6) is 0 Å². The highest BCUT2D eigenvalue weighted by atomic mass is 16.5. The van der Waals surface area contributed by atoms with Gasteiger partial charge in [0.25, 0.3) is 0 Å². The largest absolute Gasteiger partial charge is 0.462 e. The third kappa shape index (κ3) is 5.45. The van der Waals surface area contributed by atoms with Crippen molar-refractivity contribution >= 4 is 17.7 Å². The summed E-state index contributed by atoms with van der Waals surface area (Å²) in [5, 5.41) is 5.68. The first-order chi connectivity index (χ1) is 14.2. The van der Waals surface area contributed by atoms with Crippen LogP contribution in [0.25, 0.3) is 0 Å². The molecule has 29 heavy (non-hydrogen) atoms. The lowest BCUT2D eigenvalue weighted by molar-refractivity contribution is 0.0527. The van der Waals surface area contributed by atoms with Gasteiger partial charge in [-0.25, -0.2) is 9.59 Å². The van der Waals surface area contributed by atoms with E-state index >= 15 is 0 Å². The van der Waals surface area contributed by atoms with Crippen molar-refractivity contribution in [1.29, 1.82) is 0 Å². The number of carbonyl (C=O) groups is 2. The predicted octanol–water partition coefficient (Wildman–Crippen LogP) is 4.82. The number of hydrogen-bond acceptors (Lipinski definition) is 3. The zero-order valence-electron chi connectivity index (χ0n) is 16.3. The van der Waals surface area contributed by atoms with Crippen LogP contribution in [0.3, 0.4) is 0 Å². The van der Waals surface area contributed by atoms with Gasteiger partial charge in [0, 0.05) is 12.5 Å². The minimum absolute atomic E-state index is 0.0171. The highest BCUT2D eigenvalue weighted by Gasteiger charge is 2.17. The fourth-order valence-electron chi connectivity index (χ4n) is 3.14. The van der Waals surface area contributed by atoms with Gasteiger partial charge in [-0.15, -0.1) is 0 Å². The maximum atomic E-state index is 12.5. The first-order valence-electron chi connectivity index (χ1n) is 9.60. The molecular formula is C24H24N2O3. The van der Waals surface area contributed by atoms with Crippen molar-refractivity contribution in [3.63, 3.8) is 0 Å². The van der Waals surface area contributed by atoms with E-state index in [2.05, 4.69) is 10.6 Å². The number of hydrogen-bond donors (Lipinski definition) is 2. The number of rotatable bonds is 7. The number of ether oxygens (including phenoxy) is 1. The second-order valence-corrected chi connectivity index (χ2v) is 6.48. The highest BCUT2D eigenvalue weighted by Crippen LogP contribution is 2.24. The molecule has 0 heterocycles. The minimum atomic E-state index is -0.463. The number of anilines is 1. The van der Waals surface area contributed by atoms with E-state index in [1.807, 2.05) is 60.7 Å². The maximum Gasteiger partial charge on any atom is 0.340 e. The summed E-state index contributed by atoms with van der Waals surface area (Å²) < 4.78 is 5.05. The van der Waals surface area contributed by atoms with Gasteiger partial charge in [0.15, 0.2) is 0 Å². The van der Waals surface area contributed by atoms with Crippen molar-refractivity contribution in [3.05, 3.63) is 102 Å². The zero-order chi connectivity index (χ0) is 20.5. The molecule has 2 amide bonds. The second kappa shape index (κ2) is 10.1. The molecule has 148 valence electrons. The van der Waals surface area contributed by atoms with Crippen LogP contribution in [-0.4, -0.2) is 25.2 Å². The van der Waals surface area contributed by atoms with Gasteiger partial charge in [-0.1, -0.05) is 72.8 Å². The normalized spacial score (nSPS) is 10.4. The third-order valence-corrected chi connectivity index (χ3v) is 4.54. The lowest BCUT2D eigenvalue weighted by atomic mass is 9.91. The third-order valence-electron chi connectivity index (χ3n) is 4.54. The van der Waals surface area contributed by atoms with Crippen LogP contribution in [0.15, 0.2) is 84.9 Å². The van der Waals surface area contributed by atoms with Crippen LogP contribution in [0, 0.1) is 0 Å². The molecule has 0 aliphatic rings. The zero-order valence-corrected chi connectivity index (χ0v) is 16.3. The van der Waals surface area contributed by atoms with E-state index in [9.17, 15) is 9.59 Å². The molecule has 3 aromatic rings. The van der Waals surface area contributed by atoms with Gasteiger partial charge in [0.05, 0.1) is 17.9 Å². The summed E-state index contributed by atoms with van der Waals surface area (Å²) in [7, 11) is 0. The van der Waals surface area contributed by atoms with Gasteiger partial charge in [-0.2, -0.15) is 0 Å².